The summed E-state index contributed by atoms with van der Waals surface area (Å²) in [6.07, 6.45) is 0.746. The molecule has 1 aromatic rings. The number of carbonyl (C=O) groups is 2. The molecule has 1 aliphatic carbocycles. The van der Waals surface area contributed by atoms with E-state index in [0.29, 0.717) is 13.1 Å². The van der Waals surface area contributed by atoms with E-state index in [1.807, 2.05) is 32.0 Å². The minimum absolute atomic E-state index is 0.0362. The van der Waals surface area contributed by atoms with E-state index in [1.165, 1.54) is 0 Å². The van der Waals surface area contributed by atoms with Crippen molar-refractivity contribution in [2.75, 3.05) is 13.7 Å². The Morgan fingerprint density at radius 3 is 2.64 bits per heavy atom. The van der Waals surface area contributed by atoms with Gasteiger partial charge in [-0.1, -0.05) is 26.0 Å². The fourth-order valence-corrected chi connectivity index (χ4v) is 3.71. The van der Waals surface area contributed by atoms with Crippen LogP contribution in [0.3, 0.4) is 0 Å². The van der Waals surface area contributed by atoms with Crippen LogP contribution in [0.25, 0.3) is 0 Å². The molecule has 1 heterocycles. The third-order valence-corrected chi connectivity index (χ3v) is 5.11. The van der Waals surface area contributed by atoms with Gasteiger partial charge in [0.05, 0.1) is 18.9 Å². The van der Waals surface area contributed by atoms with E-state index < -0.39 is 23.2 Å². The van der Waals surface area contributed by atoms with Gasteiger partial charge >= 0.3 is 5.97 Å². The van der Waals surface area contributed by atoms with Crippen LogP contribution in [0.5, 0.6) is 5.75 Å². The molecule has 0 spiro atoms. The van der Waals surface area contributed by atoms with Crippen LogP contribution in [0.15, 0.2) is 18.2 Å². The second-order valence-electron chi connectivity index (χ2n) is 6.72. The standard InChI is InChI=1S/C17H21NO4/c1-17(2)13(14(17)16(20)21)15(19)18-8-7-11-10(9-18)5-4-6-12(11)22-3/h4-6,13-14H,7-9H2,1-3H3,(H,20,21)/t13-,14+/m0/s1. The van der Waals surface area contributed by atoms with Crippen LogP contribution in [0.4, 0.5) is 0 Å². The van der Waals surface area contributed by atoms with E-state index in [1.54, 1.807) is 12.0 Å². The molecule has 0 saturated heterocycles. The van der Waals surface area contributed by atoms with Crippen molar-refractivity contribution in [3.63, 3.8) is 0 Å². The number of aliphatic carboxylic acids is 1. The molecular formula is C17H21NO4. The normalized spacial score (nSPS) is 25.3. The first kappa shape index (κ1) is 14.9. The molecule has 0 unspecified atom stereocenters. The van der Waals surface area contributed by atoms with Gasteiger partial charge in [0.25, 0.3) is 0 Å². The number of carboxylic acids is 1. The van der Waals surface area contributed by atoms with E-state index in [0.717, 1.165) is 23.3 Å². The summed E-state index contributed by atoms with van der Waals surface area (Å²) in [5, 5.41) is 9.25. The molecule has 1 amide bonds. The molecule has 2 atom stereocenters. The van der Waals surface area contributed by atoms with Crippen molar-refractivity contribution in [2.45, 2.75) is 26.8 Å². The van der Waals surface area contributed by atoms with Gasteiger partial charge in [0, 0.05) is 18.7 Å². The van der Waals surface area contributed by atoms with E-state index in [9.17, 15) is 14.7 Å². The highest BCUT2D eigenvalue weighted by Crippen LogP contribution is 2.59. The number of fused-ring (bicyclic) bond motifs is 1. The molecule has 3 rings (SSSR count). The van der Waals surface area contributed by atoms with E-state index in [2.05, 4.69) is 0 Å². The Balaban J connectivity index is 1.78. The number of carbonyl (C=O) groups excluding carboxylic acids is 1. The fraction of sp³-hybridized carbons (Fsp3) is 0.529. The maximum atomic E-state index is 12.7. The van der Waals surface area contributed by atoms with Gasteiger partial charge in [0.1, 0.15) is 5.75 Å². The number of ether oxygens (including phenoxy) is 1. The Hall–Kier alpha value is -2.04. The van der Waals surface area contributed by atoms with Crippen molar-refractivity contribution in [3.8, 4) is 5.75 Å². The predicted molar refractivity (Wildman–Crippen MR) is 80.5 cm³/mol. The van der Waals surface area contributed by atoms with Crippen molar-refractivity contribution in [3.05, 3.63) is 29.3 Å². The van der Waals surface area contributed by atoms with Crippen LogP contribution in [0.2, 0.25) is 0 Å². The van der Waals surface area contributed by atoms with Crippen LogP contribution >= 0.6 is 0 Å². The Morgan fingerprint density at radius 1 is 1.32 bits per heavy atom. The van der Waals surface area contributed by atoms with Gasteiger partial charge in [-0.2, -0.15) is 0 Å². The van der Waals surface area contributed by atoms with Gasteiger partial charge in [-0.05, 0) is 23.5 Å². The summed E-state index contributed by atoms with van der Waals surface area (Å²) in [5.74, 6) is -1.02. The number of benzene rings is 1. The third-order valence-electron chi connectivity index (χ3n) is 5.11. The van der Waals surface area contributed by atoms with Crippen LogP contribution in [-0.4, -0.2) is 35.5 Å². The Morgan fingerprint density at radius 2 is 2.05 bits per heavy atom. The highest BCUT2D eigenvalue weighted by Gasteiger charge is 2.66. The molecule has 1 aromatic carbocycles. The number of rotatable bonds is 3. The maximum absolute atomic E-state index is 12.7. The lowest BCUT2D eigenvalue weighted by Gasteiger charge is -2.30. The summed E-state index contributed by atoms with van der Waals surface area (Å²) < 4.78 is 5.37. The summed E-state index contributed by atoms with van der Waals surface area (Å²) in [6.45, 7) is 4.86. The number of hydrogen-bond acceptors (Lipinski definition) is 3. The van der Waals surface area contributed by atoms with Crippen molar-refractivity contribution in [1.82, 2.24) is 4.90 Å². The number of hydrogen-bond donors (Lipinski definition) is 1. The molecule has 0 aromatic heterocycles. The van der Waals surface area contributed by atoms with Crippen LogP contribution < -0.4 is 4.74 Å². The number of carboxylic acid groups (broad SMARTS) is 1. The SMILES string of the molecule is COc1cccc2c1CCN(C(=O)[C@@H]1[C@H](C(=O)O)C1(C)C)C2. The van der Waals surface area contributed by atoms with Crippen LogP contribution in [-0.2, 0) is 22.6 Å². The van der Waals surface area contributed by atoms with Gasteiger partial charge in [-0.25, -0.2) is 0 Å². The quantitative estimate of drug-likeness (QED) is 0.926. The lowest BCUT2D eigenvalue weighted by atomic mass is 9.98. The lowest BCUT2D eigenvalue weighted by Crippen LogP contribution is -2.38. The molecule has 1 aliphatic heterocycles. The summed E-state index contributed by atoms with van der Waals surface area (Å²) in [5.41, 5.74) is 1.79. The van der Waals surface area contributed by atoms with E-state index >= 15 is 0 Å². The molecule has 118 valence electrons. The summed E-state index contributed by atoms with van der Waals surface area (Å²) in [4.78, 5) is 25.7. The first-order chi connectivity index (χ1) is 10.4. The molecule has 1 N–H and O–H groups in total. The van der Waals surface area contributed by atoms with Gasteiger partial charge in [-0.15, -0.1) is 0 Å². The molecule has 1 saturated carbocycles. The Labute approximate surface area is 129 Å². The number of amides is 1. The highest BCUT2D eigenvalue weighted by molar-refractivity contribution is 5.91. The predicted octanol–water partition coefficient (Wildman–Crippen LogP) is 1.94. The average Bonchev–Trinajstić information content (AvgIpc) is 3.08. The fourth-order valence-electron chi connectivity index (χ4n) is 3.71. The van der Waals surface area contributed by atoms with Crippen LogP contribution in [0, 0.1) is 17.3 Å². The zero-order chi connectivity index (χ0) is 16.1. The third kappa shape index (κ3) is 2.16. The van der Waals surface area contributed by atoms with E-state index in [4.69, 9.17) is 4.74 Å². The largest absolute Gasteiger partial charge is 0.496 e. The molecule has 2 aliphatic rings. The summed E-state index contributed by atoms with van der Waals surface area (Å²) >= 11 is 0. The molecule has 5 heteroatoms. The first-order valence-corrected chi connectivity index (χ1v) is 7.54. The molecule has 22 heavy (non-hydrogen) atoms. The molecule has 0 radical (unpaired) electrons. The maximum Gasteiger partial charge on any atom is 0.307 e. The monoisotopic (exact) mass is 303 g/mol. The van der Waals surface area contributed by atoms with E-state index in [-0.39, 0.29) is 5.91 Å². The van der Waals surface area contributed by atoms with Gasteiger partial charge in [0.2, 0.25) is 5.91 Å². The minimum atomic E-state index is -0.873. The highest BCUT2D eigenvalue weighted by atomic mass is 16.5. The van der Waals surface area contributed by atoms with Crippen LogP contribution in [0.1, 0.15) is 25.0 Å². The van der Waals surface area contributed by atoms with Gasteiger partial charge < -0.3 is 14.7 Å². The van der Waals surface area contributed by atoms with Gasteiger partial charge in [0.15, 0.2) is 0 Å². The Kier molecular flexibility index (Phi) is 3.38. The molecule has 5 nitrogen and oxygen atoms in total. The van der Waals surface area contributed by atoms with Crippen molar-refractivity contribution < 1.29 is 19.4 Å². The summed E-state index contributed by atoms with van der Waals surface area (Å²) in [6, 6.07) is 5.86. The Bertz CT molecular complexity index is 638. The van der Waals surface area contributed by atoms with Crippen molar-refractivity contribution >= 4 is 11.9 Å². The number of nitrogens with zero attached hydrogens (tertiary/aromatic N) is 1. The second-order valence-corrected chi connectivity index (χ2v) is 6.72. The second kappa shape index (κ2) is 5.00. The average molecular weight is 303 g/mol. The topological polar surface area (TPSA) is 66.8 Å². The zero-order valence-electron chi connectivity index (χ0n) is 13.1. The number of methoxy groups -OCH3 is 1. The molecule has 0 bridgehead atoms. The molecule has 1 fully saturated rings. The van der Waals surface area contributed by atoms with Crippen molar-refractivity contribution in [1.29, 1.82) is 0 Å². The zero-order valence-corrected chi connectivity index (χ0v) is 13.1. The van der Waals surface area contributed by atoms with Crippen molar-refractivity contribution in [2.24, 2.45) is 17.3 Å². The smallest absolute Gasteiger partial charge is 0.307 e. The first-order valence-electron chi connectivity index (χ1n) is 7.54. The van der Waals surface area contributed by atoms with Gasteiger partial charge in [-0.3, -0.25) is 9.59 Å². The summed E-state index contributed by atoms with van der Waals surface area (Å²) in [7, 11) is 1.65. The molecular weight excluding hydrogens is 282 g/mol. The minimum Gasteiger partial charge on any atom is -0.496 e. The lowest BCUT2D eigenvalue weighted by molar-refractivity contribution is -0.142.